The van der Waals surface area contributed by atoms with Crippen molar-refractivity contribution >= 4 is 17.9 Å². The molecule has 0 N–H and O–H groups in total. The molecule has 0 aliphatic rings. The van der Waals surface area contributed by atoms with Gasteiger partial charge in [0.2, 0.25) is 0 Å². The van der Waals surface area contributed by atoms with Gasteiger partial charge >= 0.3 is 0 Å². The number of rotatable bonds is 2. The molecular formula is C11H13ClO2. The predicted octanol–water partition coefficient (Wildman–Crippen LogP) is 3.33. The van der Waals surface area contributed by atoms with Gasteiger partial charge in [0.1, 0.15) is 11.4 Å². The second-order valence-electron chi connectivity index (χ2n) is 4.01. The lowest BCUT2D eigenvalue weighted by Gasteiger charge is -2.22. The predicted molar refractivity (Wildman–Crippen MR) is 57.2 cm³/mol. The molecule has 0 amide bonds. The van der Waals surface area contributed by atoms with Gasteiger partial charge in [-0.3, -0.25) is 4.79 Å². The SMILES string of the molecule is CC(C)(C)Oc1cc(Cl)ccc1C=O. The van der Waals surface area contributed by atoms with Gasteiger partial charge in [-0.1, -0.05) is 11.6 Å². The summed E-state index contributed by atoms with van der Waals surface area (Å²) in [6.45, 7) is 5.76. The monoisotopic (exact) mass is 212 g/mol. The van der Waals surface area contributed by atoms with Crippen molar-refractivity contribution in [1.29, 1.82) is 0 Å². The summed E-state index contributed by atoms with van der Waals surface area (Å²) in [5.41, 5.74) is 0.187. The highest BCUT2D eigenvalue weighted by molar-refractivity contribution is 6.30. The molecule has 0 aliphatic carbocycles. The van der Waals surface area contributed by atoms with Crippen molar-refractivity contribution < 1.29 is 9.53 Å². The molecule has 0 bridgehead atoms. The minimum Gasteiger partial charge on any atom is -0.487 e. The Hall–Kier alpha value is -1.02. The van der Waals surface area contributed by atoms with Gasteiger partial charge in [-0.15, -0.1) is 0 Å². The second-order valence-corrected chi connectivity index (χ2v) is 4.45. The van der Waals surface area contributed by atoms with Crippen LogP contribution in [0.1, 0.15) is 31.1 Å². The van der Waals surface area contributed by atoms with Gasteiger partial charge in [0, 0.05) is 5.02 Å². The number of carbonyl (C=O) groups is 1. The van der Waals surface area contributed by atoms with Gasteiger partial charge in [0.05, 0.1) is 5.56 Å². The standard InChI is InChI=1S/C11H13ClO2/c1-11(2,3)14-10-6-9(12)5-4-8(10)7-13/h4-7H,1-3H3. The fraction of sp³-hybridized carbons (Fsp3) is 0.364. The topological polar surface area (TPSA) is 26.3 Å². The molecule has 0 aromatic heterocycles. The molecular weight excluding hydrogens is 200 g/mol. The second kappa shape index (κ2) is 4.01. The zero-order valence-corrected chi connectivity index (χ0v) is 9.26. The van der Waals surface area contributed by atoms with Crippen molar-refractivity contribution in [2.45, 2.75) is 26.4 Å². The Balaban J connectivity index is 3.05. The molecule has 0 fully saturated rings. The molecule has 2 nitrogen and oxygen atoms in total. The van der Waals surface area contributed by atoms with Crippen molar-refractivity contribution in [3.63, 3.8) is 0 Å². The third kappa shape index (κ3) is 3.04. The summed E-state index contributed by atoms with van der Waals surface area (Å²) in [5.74, 6) is 0.528. The van der Waals surface area contributed by atoms with Gasteiger partial charge in [-0.05, 0) is 39.0 Å². The Morgan fingerprint density at radius 2 is 2.00 bits per heavy atom. The van der Waals surface area contributed by atoms with Crippen molar-refractivity contribution in [3.05, 3.63) is 28.8 Å². The number of benzene rings is 1. The van der Waals surface area contributed by atoms with E-state index in [4.69, 9.17) is 16.3 Å². The summed E-state index contributed by atoms with van der Waals surface area (Å²) in [7, 11) is 0. The van der Waals surface area contributed by atoms with Gasteiger partial charge in [-0.2, -0.15) is 0 Å². The highest BCUT2D eigenvalue weighted by Crippen LogP contribution is 2.25. The molecule has 14 heavy (non-hydrogen) atoms. The molecule has 1 aromatic carbocycles. The van der Waals surface area contributed by atoms with Gasteiger partial charge in [-0.25, -0.2) is 0 Å². The lowest BCUT2D eigenvalue weighted by atomic mass is 10.1. The van der Waals surface area contributed by atoms with Crippen LogP contribution in [0.2, 0.25) is 5.02 Å². The maximum Gasteiger partial charge on any atom is 0.153 e. The molecule has 76 valence electrons. The molecule has 0 saturated heterocycles. The fourth-order valence-corrected chi connectivity index (χ4v) is 1.19. The molecule has 3 heteroatoms. The van der Waals surface area contributed by atoms with Crippen LogP contribution in [-0.4, -0.2) is 11.9 Å². The van der Waals surface area contributed by atoms with E-state index in [0.717, 1.165) is 6.29 Å². The van der Waals surface area contributed by atoms with E-state index in [1.165, 1.54) is 0 Å². The first-order valence-electron chi connectivity index (χ1n) is 4.36. The van der Waals surface area contributed by atoms with Crippen LogP contribution < -0.4 is 4.74 Å². The van der Waals surface area contributed by atoms with E-state index >= 15 is 0 Å². The molecule has 0 spiro atoms. The summed E-state index contributed by atoms with van der Waals surface area (Å²) in [5, 5.41) is 0.565. The van der Waals surface area contributed by atoms with Crippen LogP contribution in [0.5, 0.6) is 5.75 Å². The minimum absolute atomic E-state index is 0.331. The summed E-state index contributed by atoms with van der Waals surface area (Å²) in [6, 6.07) is 4.97. The van der Waals surface area contributed by atoms with Crippen molar-refractivity contribution in [1.82, 2.24) is 0 Å². The largest absolute Gasteiger partial charge is 0.487 e. The van der Waals surface area contributed by atoms with Crippen molar-refractivity contribution in [2.75, 3.05) is 0 Å². The third-order valence-corrected chi connectivity index (χ3v) is 1.75. The molecule has 0 heterocycles. The average molecular weight is 213 g/mol. The van der Waals surface area contributed by atoms with E-state index in [9.17, 15) is 4.79 Å². The van der Waals surface area contributed by atoms with Crippen LogP contribution in [0.4, 0.5) is 0 Å². The van der Waals surface area contributed by atoms with Crippen LogP contribution in [-0.2, 0) is 0 Å². The molecule has 0 saturated carbocycles. The number of aldehydes is 1. The van der Waals surface area contributed by atoms with E-state index in [-0.39, 0.29) is 5.60 Å². The number of hydrogen-bond acceptors (Lipinski definition) is 2. The Labute approximate surface area is 88.8 Å². The van der Waals surface area contributed by atoms with Crippen LogP contribution in [0.3, 0.4) is 0 Å². The number of carbonyl (C=O) groups excluding carboxylic acids is 1. The number of hydrogen-bond donors (Lipinski definition) is 0. The van der Waals surface area contributed by atoms with Gasteiger partial charge in [0.25, 0.3) is 0 Å². The van der Waals surface area contributed by atoms with Gasteiger partial charge < -0.3 is 4.74 Å². The van der Waals surface area contributed by atoms with E-state index in [1.54, 1.807) is 18.2 Å². The fourth-order valence-electron chi connectivity index (χ4n) is 1.02. The first-order valence-corrected chi connectivity index (χ1v) is 4.74. The first-order chi connectivity index (χ1) is 6.42. The van der Waals surface area contributed by atoms with Crippen LogP contribution in [0.25, 0.3) is 0 Å². The quantitative estimate of drug-likeness (QED) is 0.703. The highest BCUT2D eigenvalue weighted by atomic mass is 35.5. The van der Waals surface area contributed by atoms with Crippen LogP contribution >= 0.6 is 11.6 Å². The van der Waals surface area contributed by atoms with Crippen LogP contribution in [0.15, 0.2) is 18.2 Å². The maximum atomic E-state index is 10.7. The Bertz CT molecular complexity index is 340. The summed E-state index contributed by atoms with van der Waals surface area (Å²) in [6.07, 6.45) is 0.761. The van der Waals surface area contributed by atoms with E-state index in [1.807, 2.05) is 20.8 Å². The molecule has 0 atom stereocenters. The zero-order valence-electron chi connectivity index (χ0n) is 8.50. The third-order valence-electron chi connectivity index (χ3n) is 1.52. The molecule has 1 rings (SSSR count). The highest BCUT2D eigenvalue weighted by Gasteiger charge is 2.14. The summed E-state index contributed by atoms with van der Waals surface area (Å²) < 4.78 is 5.59. The van der Waals surface area contributed by atoms with Crippen molar-refractivity contribution in [3.8, 4) is 5.75 Å². The van der Waals surface area contributed by atoms with E-state index < -0.39 is 0 Å². The van der Waals surface area contributed by atoms with E-state index in [2.05, 4.69) is 0 Å². The van der Waals surface area contributed by atoms with Crippen LogP contribution in [0, 0.1) is 0 Å². The molecule has 0 radical (unpaired) electrons. The summed E-state index contributed by atoms with van der Waals surface area (Å²) >= 11 is 5.81. The Morgan fingerprint density at radius 1 is 1.36 bits per heavy atom. The minimum atomic E-state index is -0.331. The van der Waals surface area contributed by atoms with Gasteiger partial charge in [0.15, 0.2) is 6.29 Å². The zero-order chi connectivity index (χ0) is 10.8. The molecule has 0 aliphatic heterocycles. The van der Waals surface area contributed by atoms with E-state index in [0.29, 0.717) is 16.3 Å². The number of halogens is 1. The lowest BCUT2D eigenvalue weighted by Crippen LogP contribution is -2.23. The summed E-state index contributed by atoms with van der Waals surface area (Å²) in [4.78, 5) is 10.7. The first kappa shape index (κ1) is 11.1. The molecule has 1 aromatic rings. The normalized spacial score (nSPS) is 11.1. The number of ether oxygens (including phenoxy) is 1. The molecule has 0 unspecified atom stereocenters. The maximum absolute atomic E-state index is 10.7. The smallest absolute Gasteiger partial charge is 0.153 e. The lowest BCUT2D eigenvalue weighted by molar-refractivity contribution is 0.109. The van der Waals surface area contributed by atoms with Crippen molar-refractivity contribution in [2.24, 2.45) is 0 Å². The Kier molecular flexibility index (Phi) is 3.17. The average Bonchev–Trinajstić information content (AvgIpc) is 2.01. The Morgan fingerprint density at radius 3 is 2.50 bits per heavy atom.